The first kappa shape index (κ1) is 19.1. The van der Waals surface area contributed by atoms with Crippen molar-refractivity contribution in [2.75, 3.05) is 0 Å². The van der Waals surface area contributed by atoms with Gasteiger partial charge in [0.15, 0.2) is 11.6 Å². The number of hydrogen-bond donors (Lipinski definition) is 0. The van der Waals surface area contributed by atoms with Crippen molar-refractivity contribution in [2.24, 2.45) is 5.41 Å². The molecule has 2 aromatic rings. The molecule has 0 saturated heterocycles. The molecule has 0 aromatic heterocycles. The summed E-state index contributed by atoms with van der Waals surface area (Å²) in [5.41, 5.74) is 0.326. The van der Waals surface area contributed by atoms with Gasteiger partial charge < -0.3 is 0 Å². The summed E-state index contributed by atoms with van der Waals surface area (Å²) >= 11 is 0. The number of ketones is 2. The molecular formula is C23H28O2. The highest BCUT2D eigenvalue weighted by molar-refractivity contribution is 6.19. The Morgan fingerprint density at radius 1 is 0.680 bits per heavy atom. The van der Waals surface area contributed by atoms with Crippen molar-refractivity contribution >= 4 is 11.6 Å². The zero-order chi connectivity index (χ0) is 18.1. The first-order valence-electron chi connectivity index (χ1n) is 9.35. The molecule has 0 fully saturated rings. The Morgan fingerprint density at radius 2 is 1.04 bits per heavy atom. The fraction of sp³-hybridized carbons (Fsp3) is 0.391. The average molecular weight is 336 g/mol. The minimum Gasteiger partial charge on any atom is -0.293 e. The number of benzene rings is 2. The third-order valence-electron chi connectivity index (χ3n) is 4.86. The van der Waals surface area contributed by atoms with Gasteiger partial charge in [0, 0.05) is 11.1 Å². The number of carbonyl (C=O) groups excluding carboxylic acids is 2. The van der Waals surface area contributed by atoms with Crippen LogP contribution in [0.3, 0.4) is 0 Å². The standard InChI is InChI=1S/C23H28O2/c1-3-5-17-23(18-6-4-2,21(24)19-13-9-7-10-14-19)22(25)20-15-11-8-12-16-20/h7-16H,3-6,17-18H2,1-2H3. The zero-order valence-corrected chi connectivity index (χ0v) is 15.3. The minimum absolute atomic E-state index is 0.0242. The van der Waals surface area contributed by atoms with Crippen molar-refractivity contribution in [2.45, 2.75) is 52.4 Å². The van der Waals surface area contributed by atoms with Crippen LogP contribution in [0.1, 0.15) is 73.1 Å². The van der Waals surface area contributed by atoms with Crippen LogP contribution in [0.2, 0.25) is 0 Å². The summed E-state index contributed by atoms with van der Waals surface area (Å²) in [7, 11) is 0. The Balaban J connectivity index is 2.50. The van der Waals surface area contributed by atoms with E-state index in [9.17, 15) is 9.59 Å². The van der Waals surface area contributed by atoms with Gasteiger partial charge in [0.25, 0.3) is 0 Å². The summed E-state index contributed by atoms with van der Waals surface area (Å²) in [6.07, 6.45) is 4.92. The van der Waals surface area contributed by atoms with Gasteiger partial charge in [-0.2, -0.15) is 0 Å². The molecule has 0 aliphatic carbocycles. The van der Waals surface area contributed by atoms with Gasteiger partial charge in [-0.15, -0.1) is 0 Å². The molecule has 0 N–H and O–H groups in total. The average Bonchev–Trinajstić information content (AvgIpc) is 2.69. The molecule has 0 aliphatic heterocycles. The molecule has 2 nitrogen and oxygen atoms in total. The van der Waals surface area contributed by atoms with Crippen LogP contribution in [0.25, 0.3) is 0 Å². The second-order valence-electron chi connectivity index (χ2n) is 6.68. The van der Waals surface area contributed by atoms with Crippen molar-refractivity contribution in [1.29, 1.82) is 0 Å². The first-order chi connectivity index (χ1) is 12.2. The smallest absolute Gasteiger partial charge is 0.176 e. The lowest BCUT2D eigenvalue weighted by Gasteiger charge is -2.31. The van der Waals surface area contributed by atoms with E-state index in [0.29, 0.717) is 24.0 Å². The van der Waals surface area contributed by atoms with Gasteiger partial charge >= 0.3 is 0 Å². The molecule has 0 bridgehead atoms. The minimum atomic E-state index is -0.950. The van der Waals surface area contributed by atoms with Crippen molar-refractivity contribution in [3.05, 3.63) is 71.8 Å². The van der Waals surface area contributed by atoms with Crippen LogP contribution in [-0.2, 0) is 0 Å². The molecule has 0 radical (unpaired) electrons. The largest absolute Gasteiger partial charge is 0.293 e. The maximum Gasteiger partial charge on any atom is 0.176 e. The summed E-state index contributed by atoms with van der Waals surface area (Å²) in [5, 5.41) is 0. The van der Waals surface area contributed by atoms with Crippen LogP contribution < -0.4 is 0 Å². The van der Waals surface area contributed by atoms with Crippen LogP contribution in [0, 0.1) is 5.41 Å². The van der Waals surface area contributed by atoms with Gasteiger partial charge in [0.1, 0.15) is 0 Å². The third kappa shape index (κ3) is 4.45. The normalized spacial score (nSPS) is 11.3. The van der Waals surface area contributed by atoms with Gasteiger partial charge in [-0.1, -0.05) is 100 Å². The highest BCUT2D eigenvalue weighted by Gasteiger charge is 2.44. The number of rotatable bonds is 10. The van der Waals surface area contributed by atoms with E-state index in [2.05, 4.69) is 13.8 Å². The molecule has 0 spiro atoms. The van der Waals surface area contributed by atoms with E-state index in [0.717, 1.165) is 25.7 Å². The molecular weight excluding hydrogens is 308 g/mol. The molecule has 0 amide bonds. The summed E-state index contributed by atoms with van der Waals surface area (Å²) in [4.78, 5) is 26.9. The second kappa shape index (κ2) is 9.31. The van der Waals surface area contributed by atoms with E-state index in [1.165, 1.54) is 0 Å². The van der Waals surface area contributed by atoms with Crippen LogP contribution in [0.4, 0.5) is 0 Å². The predicted octanol–water partition coefficient (Wildman–Crippen LogP) is 6.12. The third-order valence-corrected chi connectivity index (χ3v) is 4.86. The molecule has 0 atom stereocenters. The van der Waals surface area contributed by atoms with Crippen LogP contribution in [0.5, 0.6) is 0 Å². The topological polar surface area (TPSA) is 34.1 Å². The highest BCUT2D eigenvalue weighted by atomic mass is 16.2. The summed E-state index contributed by atoms with van der Waals surface area (Å²) < 4.78 is 0. The van der Waals surface area contributed by atoms with Crippen molar-refractivity contribution in [3.63, 3.8) is 0 Å². The molecule has 0 unspecified atom stereocenters. The maximum atomic E-state index is 13.5. The van der Waals surface area contributed by atoms with E-state index in [1.54, 1.807) is 0 Å². The van der Waals surface area contributed by atoms with E-state index in [-0.39, 0.29) is 11.6 Å². The fourth-order valence-electron chi connectivity index (χ4n) is 3.37. The van der Waals surface area contributed by atoms with Gasteiger partial charge in [-0.3, -0.25) is 9.59 Å². The number of hydrogen-bond acceptors (Lipinski definition) is 2. The summed E-state index contributed by atoms with van der Waals surface area (Å²) in [6, 6.07) is 18.6. The molecule has 0 aliphatic rings. The van der Waals surface area contributed by atoms with Crippen LogP contribution in [-0.4, -0.2) is 11.6 Å². The van der Waals surface area contributed by atoms with Gasteiger partial charge in [-0.25, -0.2) is 0 Å². The quantitative estimate of drug-likeness (QED) is 0.387. The van der Waals surface area contributed by atoms with Gasteiger partial charge in [-0.05, 0) is 12.8 Å². The van der Waals surface area contributed by atoms with Gasteiger partial charge in [0.2, 0.25) is 0 Å². The van der Waals surface area contributed by atoms with Gasteiger partial charge in [0.05, 0.1) is 5.41 Å². The number of carbonyl (C=O) groups is 2. The number of Topliss-reactive ketones (excluding diaryl/α,β-unsaturated/α-hetero) is 2. The molecule has 2 rings (SSSR count). The lowest BCUT2D eigenvalue weighted by Crippen LogP contribution is -2.40. The van der Waals surface area contributed by atoms with Crippen LogP contribution in [0.15, 0.2) is 60.7 Å². The van der Waals surface area contributed by atoms with Crippen molar-refractivity contribution in [1.82, 2.24) is 0 Å². The fourth-order valence-corrected chi connectivity index (χ4v) is 3.37. The summed E-state index contributed by atoms with van der Waals surface area (Å²) in [6.45, 7) is 4.20. The van der Waals surface area contributed by atoms with Crippen molar-refractivity contribution in [3.8, 4) is 0 Å². The van der Waals surface area contributed by atoms with Crippen LogP contribution >= 0.6 is 0 Å². The van der Waals surface area contributed by atoms with Crippen molar-refractivity contribution < 1.29 is 9.59 Å². The molecule has 2 heteroatoms. The Hall–Kier alpha value is -2.22. The maximum absolute atomic E-state index is 13.5. The molecule has 0 heterocycles. The highest BCUT2D eigenvalue weighted by Crippen LogP contribution is 2.38. The Labute approximate surface area is 151 Å². The lowest BCUT2D eigenvalue weighted by molar-refractivity contribution is 0.0621. The Morgan fingerprint density at radius 3 is 1.36 bits per heavy atom. The predicted molar refractivity (Wildman–Crippen MR) is 103 cm³/mol. The molecule has 25 heavy (non-hydrogen) atoms. The van der Waals surface area contributed by atoms with E-state index in [1.807, 2.05) is 60.7 Å². The molecule has 132 valence electrons. The van der Waals surface area contributed by atoms with E-state index in [4.69, 9.17) is 0 Å². The first-order valence-corrected chi connectivity index (χ1v) is 9.35. The molecule has 2 aromatic carbocycles. The second-order valence-corrected chi connectivity index (χ2v) is 6.68. The Kier molecular flexibility index (Phi) is 7.12. The van der Waals surface area contributed by atoms with E-state index >= 15 is 0 Å². The Bertz CT molecular complexity index is 612. The van der Waals surface area contributed by atoms with E-state index < -0.39 is 5.41 Å². The summed E-state index contributed by atoms with van der Waals surface area (Å²) in [5.74, 6) is -0.0484. The monoisotopic (exact) mass is 336 g/mol. The number of unbranched alkanes of at least 4 members (excludes halogenated alkanes) is 2. The molecule has 0 saturated carbocycles. The lowest BCUT2D eigenvalue weighted by atomic mass is 9.68. The zero-order valence-electron chi connectivity index (χ0n) is 15.3. The SMILES string of the molecule is CCCCC(CCCC)(C(=O)c1ccccc1)C(=O)c1ccccc1.